The van der Waals surface area contributed by atoms with Crippen molar-refractivity contribution in [3.63, 3.8) is 0 Å². The van der Waals surface area contributed by atoms with Crippen LogP contribution in [0.4, 0.5) is 0 Å². The highest BCUT2D eigenvalue weighted by Gasteiger charge is 2.69. The van der Waals surface area contributed by atoms with Gasteiger partial charge in [-0.1, -0.05) is 12.8 Å². The van der Waals surface area contributed by atoms with Gasteiger partial charge in [-0.2, -0.15) is 0 Å². The Bertz CT molecular complexity index is 250. The van der Waals surface area contributed by atoms with E-state index in [0.717, 1.165) is 6.54 Å². The molecule has 0 saturated heterocycles. The Morgan fingerprint density at radius 3 is 2.27 bits per heavy atom. The van der Waals surface area contributed by atoms with Gasteiger partial charge in [0, 0.05) is 6.54 Å². The summed E-state index contributed by atoms with van der Waals surface area (Å²) in [6, 6.07) is 0. The minimum atomic E-state index is -0.158. The van der Waals surface area contributed by atoms with Gasteiger partial charge in [0.15, 0.2) is 0 Å². The quantitative estimate of drug-likeness (QED) is 0.663. The molecule has 2 unspecified atom stereocenters. The largest absolute Gasteiger partial charge is 0.469 e. The summed E-state index contributed by atoms with van der Waals surface area (Å²) in [5, 5.41) is 0. The van der Waals surface area contributed by atoms with Gasteiger partial charge in [-0.05, 0) is 38.8 Å². The van der Waals surface area contributed by atoms with Gasteiger partial charge in [0.05, 0.1) is 12.5 Å². The molecule has 2 aliphatic rings. The minimum absolute atomic E-state index is 0.0214. The van der Waals surface area contributed by atoms with Crippen molar-refractivity contribution in [2.75, 3.05) is 27.7 Å². The maximum absolute atomic E-state index is 11.9. The molecule has 0 aromatic carbocycles. The summed E-state index contributed by atoms with van der Waals surface area (Å²) in [6.45, 7) is 0.856. The van der Waals surface area contributed by atoms with Crippen LogP contribution in [0, 0.1) is 17.3 Å². The molecule has 3 heteroatoms. The molecule has 0 aromatic heterocycles. The molecule has 0 aromatic rings. The number of methoxy groups -OCH3 is 1. The summed E-state index contributed by atoms with van der Waals surface area (Å²) in [6.07, 6.45) is 5.00. The summed E-state index contributed by atoms with van der Waals surface area (Å²) >= 11 is 0. The monoisotopic (exact) mass is 211 g/mol. The third kappa shape index (κ3) is 1.57. The molecule has 86 valence electrons. The highest BCUT2D eigenvalue weighted by atomic mass is 16.5. The van der Waals surface area contributed by atoms with Gasteiger partial charge in [-0.15, -0.1) is 0 Å². The van der Waals surface area contributed by atoms with Crippen LogP contribution in [0.2, 0.25) is 0 Å². The third-order valence-corrected chi connectivity index (χ3v) is 4.12. The molecular formula is C12H21NO2. The van der Waals surface area contributed by atoms with Gasteiger partial charge in [-0.3, -0.25) is 4.79 Å². The van der Waals surface area contributed by atoms with Crippen molar-refractivity contribution in [3.8, 4) is 0 Å². The average Bonchev–Trinajstić information content (AvgIpc) is 2.86. The molecule has 0 spiro atoms. The van der Waals surface area contributed by atoms with E-state index >= 15 is 0 Å². The molecule has 0 heterocycles. The van der Waals surface area contributed by atoms with Crippen LogP contribution in [0.5, 0.6) is 0 Å². The van der Waals surface area contributed by atoms with Crippen LogP contribution < -0.4 is 0 Å². The molecule has 2 saturated carbocycles. The number of fused-ring (bicyclic) bond motifs is 1. The lowest BCUT2D eigenvalue weighted by molar-refractivity contribution is -0.149. The smallest absolute Gasteiger partial charge is 0.313 e. The number of nitrogens with zero attached hydrogens (tertiary/aromatic N) is 1. The summed E-state index contributed by atoms with van der Waals surface area (Å²) in [4.78, 5) is 14.1. The summed E-state index contributed by atoms with van der Waals surface area (Å²) in [5.74, 6) is 1.22. The number of hydrogen-bond acceptors (Lipinski definition) is 3. The number of rotatable bonds is 3. The Balaban J connectivity index is 2.15. The van der Waals surface area contributed by atoms with Crippen molar-refractivity contribution in [2.45, 2.75) is 25.7 Å². The summed E-state index contributed by atoms with van der Waals surface area (Å²) in [7, 11) is 5.59. The first-order valence-electron chi connectivity index (χ1n) is 5.86. The van der Waals surface area contributed by atoms with Crippen LogP contribution >= 0.6 is 0 Å². The van der Waals surface area contributed by atoms with Crippen LogP contribution in [-0.2, 0) is 9.53 Å². The minimum Gasteiger partial charge on any atom is -0.469 e. The van der Waals surface area contributed by atoms with E-state index in [1.807, 2.05) is 14.1 Å². The van der Waals surface area contributed by atoms with E-state index in [9.17, 15) is 4.79 Å². The Morgan fingerprint density at radius 1 is 1.33 bits per heavy atom. The number of esters is 1. The van der Waals surface area contributed by atoms with Gasteiger partial charge in [0.2, 0.25) is 0 Å². The fraction of sp³-hybridized carbons (Fsp3) is 0.917. The number of carbonyl (C=O) groups excluding carboxylic acids is 1. The second-order valence-corrected chi connectivity index (χ2v) is 5.27. The second-order valence-electron chi connectivity index (χ2n) is 5.27. The molecule has 2 atom stereocenters. The Hall–Kier alpha value is -0.570. The number of ether oxygens (including phenoxy) is 1. The van der Waals surface area contributed by atoms with Gasteiger partial charge in [0.1, 0.15) is 0 Å². The van der Waals surface area contributed by atoms with Crippen LogP contribution in [0.1, 0.15) is 25.7 Å². The van der Waals surface area contributed by atoms with Gasteiger partial charge < -0.3 is 9.64 Å². The summed E-state index contributed by atoms with van der Waals surface area (Å²) in [5.41, 5.74) is -0.158. The van der Waals surface area contributed by atoms with Crippen LogP contribution in [0.3, 0.4) is 0 Å². The molecule has 2 aliphatic carbocycles. The van der Waals surface area contributed by atoms with Crippen molar-refractivity contribution < 1.29 is 9.53 Å². The normalized spacial score (nSPS) is 38.7. The zero-order valence-corrected chi connectivity index (χ0v) is 9.95. The van der Waals surface area contributed by atoms with Crippen molar-refractivity contribution in [2.24, 2.45) is 17.3 Å². The van der Waals surface area contributed by atoms with Crippen LogP contribution in [0.15, 0.2) is 0 Å². The lowest BCUT2D eigenvalue weighted by Crippen LogP contribution is -2.33. The third-order valence-electron chi connectivity index (χ3n) is 4.12. The lowest BCUT2D eigenvalue weighted by Gasteiger charge is -2.20. The predicted octanol–water partition coefficient (Wildman–Crippen LogP) is 1.53. The molecule has 15 heavy (non-hydrogen) atoms. The van der Waals surface area contributed by atoms with E-state index in [1.165, 1.54) is 32.8 Å². The maximum Gasteiger partial charge on any atom is 0.313 e. The predicted molar refractivity (Wildman–Crippen MR) is 58.5 cm³/mol. The van der Waals surface area contributed by atoms with Crippen LogP contribution in [-0.4, -0.2) is 38.6 Å². The Morgan fingerprint density at radius 2 is 1.87 bits per heavy atom. The Kier molecular flexibility index (Phi) is 2.75. The first kappa shape index (κ1) is 10.9. The zero-order valence-electron chi connectivity index (χ0n) is 9.95. The molecule has 2 fully saturated rings. The average molecular weight is 211 g/mol. The van der Waals surface area contributed by atoms with E-state index in [4.69, 9.17) is 4.74 Å². The molecule has 0 radical (unpaired) electrons. The molecule has 3 nitrogen and oxygen atoms in total. The molecule has 0 bridgehead atoms. The standard InChI is InChI=1S/C12H21NO2/c1-13(2)8-12(11(14)15-3)9-6-4-5-7-10(9)12/h9-10H,4-8H2,1-3H3. The number of carbonyl (C=O) groups is 1. The van der Waals surface area contributed by atoms with E-state index in [2.05, 4.69) is 4.90 Å². The SMILES string of the molecule is COC(=O)C1(CN(C)C)C2CCCCC21. The van der Waals surface area contributed by atoms with E-state index in [1.54, 1.807) is 0 Å². The molecular weight excluding hydrogens is 190 g/mol. The summed E-state index contributed by atoms with van der Waals surface area (Å²) < 4.78 is 5.00. The lowest BCUT2D eigenvalue weighted by atomic mass is 10.0. The fourth-order valence-electron chi connectivity index (χ4n) is 3.57. The number of hydrogen-bond donors (Lipinski definition) is 0. The first-order valence-corrected chi connectivity index (χ1v) is 5.86. The molecule has 0 amide bonds. The highest BCUT2D eigenvalue weighted by molar-refractivity contribution is 5.82. The van der Waals surface area contributed by atoms with Gasteiger partial charge in [0.25, 0.3) is 0 Å². The maximum atomic E-state index is 11.9. The van der Waals surface area contributed by atoms with E-state index in [-0.39, 0.29) is 11.4 Å². The topological polar surface area (TPSA) is 29.5 Å². The van der Waals surface area contributed by atoms with Crippen molar-refractivity contribution >= 4 is 5.97 Å². The van der Waals surface area contributed by atoms with Crippen LogP contribution in [0.25, 0.3) is 0 Å². The van der Waals surface area contributed by atoms with E-state index in [0.29, 0.717) is 11.8 Å². The van der Waals surface area contributed by atoms with Crippen molar-refractivity contribution in [1.82, 2.24) is 4.90 Å². The van der Waals surface area contributed by atoms with Crippen molar-refractivity contribution in [3.05, 3.63) is 0 Å². The zero-order chi connectivity index (χ0) is 11.1. The van der Waals surface area contributed by atoms with Gasteiger partial charge >= 0.3 is 5.97 Å². The molecule has 0 aliphatic heterocycles. The first-order chi connectivity index (χ1) is 7.13. The molecule has 2 rings (SSSR count). The van der Waals surface area contributed by atoms with Crippen molar-refractivity contribution in [1.29, 1.82) is 0 Å². The fourth-order valence-corrected chi connectivity index (χ4v) is 3.57. The van der Waals surface area contributed by atoms with E-state index < -0.39 is 0 Å². The van der Waals surface area contributed by atoms with Gasteiger partial charge in [-0.25, -0.2) is 0 Å². The highest BCUT2D eigenvalue weighted by Crippen LogP contribution is 2.66. The molecule has 0 N–H and O–H groups in total. The second kappa shape index (κ2) is 3.78. The Labute approximate surface area is 91.8 Å².